The van der Waals surface area contributed by atoms with Gasteiger partial charge in [0.05, 0.1) is 5.69 Å². The predicted molar refractivity (Wildman–Crippen MR) is 105 cm³/mol. The third kappa shape index (κ3) is 2.93. The minimum atomic E-state index is -0.626. The van der Waals surface area contributed by atoms with Crippen LogP contribution >= 0.6 is 0 Å². The van der Waals surface area contributed by atoms with Gasteiger partial charge in [-0.05, 0) is 11.1 Å². The van der Waals surface area contributed by atoms with Crippen LogP contribution in [-0.4, -0.2) is 20.8 Å². The van der Waals surface area contributed by atoms with Crippen LogP contribution in [0.2, 0.25) is 0 Å². The van der Waals surface area contributed by atoms with Gasteiger partial charge in [-0.1, -0.05) is 54.6 Å². The highest BCUT2D eigenvalue weighted by atomic mass is 16.3. The molecular weight excluding hydrogens is 352 g/mol. The highest BCUT2D eigenvalue weighted by Crippen LogP contribution is 2.39. The van der Waals surface area contributed by atoms with Gasteiger partial charge in [0.2, 0.25) is 0 Å². The number of rotatable bonds is 4. The van der Waals surface area contributed by atoms with Crippen LogP contribution in [0, 0.1) is 11.3 Å². The van der Waals surface area contributed by atoms with Crippen LogP contribution in [0.1, 0.15) is 22.4 Å². The summed E-state index contributed by atoms with van der Waals surface area (Å²) in [7, 11) is 1.79. The van der Waals surface area contributed by atoms with E-state index in [1.165, 1.54) is 0 Å². The lowest BCUT2D eigenvalue weighted by Crippen LogP contribution is -2.25. The van der Waals surface area contributed by atoms with Crippen molar-refractivity contribution in [2.45, 2.75) is 13.0 Å². The topological polar surface area (TPSA) is 90.9 Å². The van der Waals surface area contributed by atoms with Crippen molar-refractivity contribution in [1.82, 2.24) is 15.1 Å². The number of benzene rings is 2. The average molecular weight is 370 g/mol. The molecule has 1 aliphatic carbocycles. The van der Waals surface area contributed by atoms with Gasteiger partial charge in [0.1, 0.15) is 11.8 Å². The van der Waals surface area contributed by atoms with E-state index in [9.17, 15) is 15.2 Å². The smallest absolute Gasteiger partial charge is 0.266 e. The highest BCUT2D eigenvalue weighted by Gasteiger charge is 2.30. The number of carbonyl (C=O) groups excluding carboxylic acids is 1. The molecule has 6 nitrogen and oxygen atoms in total. The standard InChI is InChI=1S/C22H18N4O2/c1-26-20-16-10-6-5-9-15(16)11-17(20)19(25-26)21(27)18(12-23)22(28)24-13-14-7-3-2-4-8-14/h2-10,27H,11,13H2,1H3,(H,24,28). The zero-order valence-electron chi connectivity index (χ0n) is 15.3. The van der Waals surface area contributed by atoms with Crippen molar-refractivity contribution < 1.29 is 9.90 Å². The van der Waals surface area contributed by atoms with Crippen LogP contribution in [0.3, 0.4) is 0 Å². The highest BCUT2D eigenvalue weighted by molar-refractivity contribution is 6.03. The molecule has 0 bridgehead atoms. The fraction of sp³-hybridized carbons (Fsp3) is 0.136. The molecule has 0 fully saturated rings. The molecule has 0 saturated heterocycles. The molecule has 0 radical (unpaired) electrons. The molecule has 3 aromatic rings. The molecule has 1 aliphatic rings. The molecule has 0 atom stereocenters. The monoisotopic (exact) mass is 370 g/mol. The molecule has 1 aromatic heterocycles. The molecule has 4 rings (SSSR count). The lowest BCUT2D eigenvalue weighted by molar-refractivity contribution is -0.117. The summed E-state index contributed by atoms with van der Waals surface area (Å²) >= 11 is 0. The Hall–Kier alpha value is -3.85. The van der Waals surface area contributed by atoms with E-state index in [0.717, 1.165) is 27.9 Å². The average Bonchev–Trinajstić information content (AvgIpc) is 3.25. The number of aryl methyl sites for hydroxylation is 1. The fourth-order valence-electron chi connectivity index (χ4n) is 3.55. The van der Waals surface area contributed by atoms with E-state index in [2.05, 4.69) is 10.4 Å². The first-order valence-electron chi connectivity index (χ1n) is 8.90. The third-order valence-electron chi connectivity index (χ3n) is 4.88. The van der Waals surface area contributed by atoms with E-state index >= 15 is 0 Å². The van der Waals surface area contributed by atoms with Crippen molar-refractivity contribution in [2.75, 3.05) is 0 Å². The van der Waals surface area contributed by atoms with Gasteiger partial charge >= 0.3 is 0 Å². The van der Waals surface area contributed by atoms with Crippen LogP contribution in [0.15, 0.2) is 60.2 Å². The summed E-state index contributed by atoms with van der Waals surface area (Å²) in [6.45, 7) is 0.268. The Morgan fingerprint density at radius 2 is 1.93 bits per heavy atom. The van der Waals surface area contributed by atoms with Crippen LogP contribution in [0.25, 0.3) is 17.0 Å². The lowest BCUT2D eigenvalue weighted by Gasteiger charge is -2.06. The van der Waals surface area contributed by atoms with Gasteiger partial charge in [-0.25, -0.2) is 0 Å². The summed E-state index contributed by atoms with van der Waals surface area (Å²) < 4.78 is 1.68. The number of nitrogens with one attached hydrogen (secondary N) is 1. The maximum Gasteiger partial charge on any atom is 0.266 e. The van der Waals surface area contributed by atoms with Gasteiger partial charge in [0, 0.05) is 31.1 Å². The second-order valence-electron chi connectivity index (χ2n) is 6.64. The van der Waals surface area contributed by atoms with Gasteiger partial charge in [0.25, 0.3) is 5.91 Å². The zero-order chi connectivity index (χ0) is 19.7. The molecule has 1 heterocycles. The van der Waals surface area contributed by atoms with Crippen LogP contribution < -0.4 is 5.32 Å². The van der Waals surface area contributed by atoms with E-state index < -0.39 is 11.7 Å². The molecular formula is C22H18N4O2. The van der Waals surface area contributed by atoms with Crippen molar-refractivity contribution in [3.63, 3.8) is 0 Å². The summed E-state index contributed by atoms with van der Waals surface area (Å²) in [4.78, 5) is 12.5. The Bertz CT molecular complexity index is 1140. The first kappa shape index (κ1) is 17.6. The van der Waals surface area contributed by atoms with Crippen LogP contribution in [0.4, 0.5) is 0 Å². The van der Waals surface area contributed by atoms with Crippen molar-refractivity contribution in [3.8, 4) is 17.3 Å². The number of aliphatic hydroxyl groups excluding tert-OH is 1. The summed E-state index contributed by atoms with van der Waals surface area (Å²) in [6, 6.07) is 19.1. The summed E-state index contributed by atoms with van der Waals surface area (Å²) in [5, 5.41) is 27.3. The van der Waals surface area contributed by atoms with Crippen molar-refractivity contribution >= 4 is 11.7 Å². The first-order chi connectivity index (χ1) is 13.6. The molecule has 2 aromatic carbocycles. The molecule has 0 spiro atoms. The minimum absolute atomic E-state index is 0.268. The Morgan fingerprint density at radius 1 is 1.21 bits per heavy atom. The van der Waals surface area contributed by atoms with Gasteiger partial charge in [0.15, 0.2) is 11.3 Å². The number of aliphatic hydroxyl groups is 1. The maximum absolute atomic E-state index is 12.5. The molecule has 138 valence electrons. The maximum atomic E-state index is 12.5. The van der Waals surface area contributed by atoms with Gasteiger partial charge in [-0.2, -0.15) is 10.4 Å². The van der Waals surface area contributed by atoms with E-state index in [-0.39, 0.29) is 17.8 Å². The Balaban J connectivity index is 1.66. The Labute approximate surface area is 162 Å². The summed E-state index contributed by atoms with van der Waals surface area (Å²) in [5.41, 5.74) is 4.75. The first-order valence-corrected chi connectivity index (χ1v) is 8.90. The fourth-order valence-corrected chi connectivity index (χ4v) is 3.55. The molecule has 28 heavy (non-hydrogen) atoms. The largest absolute Gasteiger partial charge is 0.504 e. The Morgan fingerprint density at radius 3 is 2.68 bits per heavy atom. The van der Waals surface area contributed by atoms with Crippen LogP contribution in [0.5, 0.6) is 0 Å². The number of nitrogens with zero attached hydrogens (tertiary/aromatic N) is 3. The molecule has 2 N–H and O–H groups in total. The second-order valence-corrected chi connectivity index (χ2v) is 6.64. The Kier molecular flexibility index (Phi) is 4.42. The number of aromatic nitrogens is 2. The number of fused-ring (bicyclic) bond motifs is 3. The summed E-state index contributed by atoms with van der Waals surface area (Å²) in [6.07, 6.45) is 0.600. The number of hydrogen-bond acceptors (Lipinski definition) is 4. The molecule has 0 aliphatic heterocycles. The summed E-state index contributed by atoms with van der Waals surface area (Å²) in [5.74, 6) is -1.02. The quantitative estimate of drug-likeness (QED) is 0.328. The normalized spacial score (nSPS) is 12.6. The van der Waals surface area contributed by atoms with Crippen molar-refractivity contribution in [1.29, 1.82) is 5.26 Å². The second kappa shape index (κ2) is 7.05. The number of amides is 1. The molecule has 6 heteroatoms. The van der Waals surface area contributed by atoms with E-state index in [1.807, 2.05) is 60.7 Å². The predicted octanol–water partition coefficient (Wildman–Crippen LogP) is 3.10. The molecule has 0 saturated carbocycles. The van der Waals surface area contributed by atoms with Gasteiger partial charge in [-0.15, -0.1) is 0 Å². The van der Waals surface area contributed by atoms with Gasteiger partial charge in [-0.3, -0.25) is 9.48 Å². The number of carbonyl (C=O) groups is 1. The van der Waals surface area contributed by atoms with E-state index in [1.54, 1.807) is 11.7 Å². The van der Waals surface area contributed by atoms with Crippen LogP contribution in [-0.2, 0) is 24.8 Å². The van der Waals surface area contributed by atoms with Crippen molar-refractivity contribution in [2.24, 2.45) is 7.05 Å². The SMILES string of the molecule is Cn1nc(C(O)=C(C#N)C(=O)NCc2ccccc2)c2c1-c1ccccc1C2. The zero-order valence-corrected chi connectivity index (χ0v) is 15.3. The molecule has 0 unspecified atom stereocenters. The lowest BCUT2D eigenvalue weighted by atomic mass is 10.1. The number of nitriles is 1. The van der Waals surface area contributed by atoms with Crippen molar-refractivity contribution in [3.05, 3.63) is 82.6 Å². The van der Waals surface area contributed by atoms with Gasteiger partial charge < -0.3 is 10.4 Å². The minimum Gasteiger partial charge on any atom is -0.504 e. The van der Waals surface area contributed by atoms with E-state index in [0.29, 0.717) is 6.42 Å². The van der Waals surface area contributed by atoms with E-state index in [4.69, 9.17) is 0 Å². The number of hydrogen-bond donors (Lipinski definition) is 2. The third-order valence-corrected chi connectivity index (χ3v) is 4.88. The molecule has 1 amide bonds.